The quantitative estimate of drug-likeness (QED) is 0.563. The maximum absolute atomic E-state index is 10.2. The minimum atomic E-state index is -3.49. The van der Waals surface area contributed by atoms with Crippen molar-refractivity contribution in [2.45, 2.75) is 13.3 Å². The van der Waals surface area contributed by atoms with Crippen LogP contribution in [0.4, 0.5) is 0 Å². The van der Waals surface area contributed by atoms with Gasteiger partial charge in [-0.15, -0.1) is 5.14 Å². The second-order valence-electron chi connectivity index (χ2n) is 2.03. The summed E-state index contributed by atoms with van der Waals surface area (Å²) >= 11 is 0. The van der Waals surface area contributed by atoms with Crippen LogP contribution in [0.5, 0.6) is 0 Å². The summed E-state index contributed by atoms with van der Waals surface area (Å²) < 4.78 is 20.5. The normalized spacial score (nSPS) is 11.8. The van der Waals surface area contributed by atoms with E-state index in [2.05, 4.69) is 5.32 Å². The maximum Gasteiger partial charge on any atom is 0.225 e. The first-order valence-electron chi connectivity index (χ1n) is 3.24. The van der Waals surface area contributed by atoms with Crippen LogP contribution in [0.25, 0.3) is 0 Å². The van der Waals surface area contributed by atoms with Crippen molar-refractivity contribution in [1.82, 2.24) is 10.5 Å². The smallest absolute Gasteiger partial charge is 0.225 e. The van der Waals surface area contributed by atoms with E-state index in [1.165, 1.54) is 0 Å². The predicted molar refractivity (Wildman–Crippen MR) is 40.0 cm³/mol. The van der Waals surface area contributed by atoms with Crippen LogP contribution >= 0.6 is 0 Å². The van der Waals surface area contributed by atoms with Gasteiger partial charge in [0.1, 0.15) is 0 Å². The standard InChI is InChI=1S/C5H13N2O2S/c1-2-7-4-3-5-10(6,8)9/h6-7H,2-5H2,1H3. The monoisotopic (exact) mass is 165 g/mol. The topological polar surface area (TPSA) is 70.0 Å². The van der Waals surface area contributed by atoms with Gasteiger partial charge in [0.2, 0.25) is 10.0 Å². The van der Waals surface area contributed by atoms with Crippen LogP contribution in [-0.4, -0.2) is 27.3 Å². The van der Waals surface area contributed by atoms with Crippen molar-refractivity contribution in [3.8, 4) is 0 Å². The van der Waals surface area contributed by atoms with Crippen LogP contribution in [0, 0.1) is 0 Å². The molecule has 4 nitrogen and oxygen atoms in total. The second-order valence-corrected chi connectivity index (χ2v) is 3.66. The summed E-state index contributed by atoms with van der Waals surface area (Å²) in [5.41, 5.74) is 0. The Hall–Kier alpha value is -0.130. The first kappa shape index (κ1) is 9.87. The van der Waals surface area contributed by atoms with Crippen molar-refractivity contribution in [2.24, 2.45) is 0 Å². The molecule has 0 unspecified atom stereocenters. The lowest BCUT2D eigenvalue weighted by Crippen LogP contribution is -2.18. The average Bonchev–Trinajstić information content (AvgIpc) is 1.78. The molecule has 0 aliphatic rings. The highest BCUT2D eigenvalue weighted by molar-refractivity contribution is 7.88. The SMILES string of the molecule is CCNCCCS([NH])(=O)=O. The fourth-order valence-electron chi connectivity index (χ4n) is 0.564. The van der Waals surface area contributed by atoms with E-state index in [0.717, 1.165) is 6.54 Å². The molecule has 0 aliphatic heterocycles. The van der Waals surface area contributed by atoms with Gasteiger partial charge in [-0.25, -0.2) is 8.42 Å². The van der Waals surface area contributed by atoms with Gasteiger partial charge in [0, 0.05) is 0 Å². The molecule has 0 aromatic heterocycles. The largest absolute Gasteiger partial charge is 0.317 e. The molecule has 0 fully saturated rings. The van der Waals surface area contributed by atoms with E-state index in [1.54, 1.807) is 0 Å². The fraction of sp³-hybridized carbons (Fsp3) is 1.00. The molecule has 0 bridgehead atoms. The molecule has 0 saturated heterocycles. The molecule has 0 spiro atoms. The summed E-state index contributed by atoms with van der Waals surface area (Å²) in [5.74, 6) is -0.0417. The molecule has 10 heavy (non-hydrogen) atoms. The highest BCUT2D eigenvalue weighted by Gasteiger charge is 2.00. The Morgan fingerprint density at radius 1 is 1.50 bits per heavy atom. The third kappa shape index (κ3) is 7.87. The molecule has 0 rings (SSSR count). The molecular weight excluding hydrogens is 152 g/mol. The lowest BCUT2D eigenvalue weighted by molar-refractivity contribution is 0.590. The molecule has 0 aromatic carbocycles. The Morgan fingerprint density at radius 2 is 2.10 bits per heavy atom. The summed E-state index contributed by atoms with van der Waals surface area (Å²) in [6, 6.07) is 0. The lowest BCUT2D eigenvalue weighted by atomic mass is 10.5. The zero-order chi connectivity index (χ0) is 8.04. The summed E-state index contributed by atoms with van der Waals surface area (Å²) in [7, 11) is -3.49. The van der Waals surface area contributed by atoms with E-state index in [4.69, 9.17) is 5.14 Å². The van der Waals surface area contributed by atoms with Gasteiger partial charge in [-0.3, -0.25) is 0 Å². The van der Waals surface area contributed by atoms with E-state index < -0.39 is 10.0 Å². The zero-order valence-corrected chi connectivity index (χ0v) is 6.87. The Bertz CT molecular complexity index is 164. The number of sulfonamides is 1. The molecule has 0 aliphatic carbocycles. The van der Waals surface area contributed by atoms with Crippen molar-refractivity contribution >= 4 is 10.0 Å². The van der Waals surface area contributed by atoms with E-state index in [1.807, 2.05) is 6.92 Å². The number of nitrogens with one attached hydrogen (secondary N) is 2. The van der Waals surface area contributed by atoms with Crippen molar-refractivity contribution in [3.05, 3.63) is 0 Å². The second kappa shape index (κ2) is 4.65. The van der Waals surface area contributed by atoms with Gasteiger partial charge in [0.05, 0.1) is 5.75 Å². The highest BCUT2D eigenvalue weighted by Crippen LogP contribution is 1.84. The number of rotatable bonds is 5. The van der Waals surface area contributed by atoms with E-state index in [0.29, 0.717) is 13.0 Å². The average molecular weight is 165 g/mol. The van der Waals surface area contributed by atoms with Crippen LogP contribution < -0.4 is 10.5 Å². The molecular formula is C5H13N2O2S. The summed E-state index contributed by atoms with van der Waals surface area (Å²) in [6.07, 6.45) is 0.527. The third-order valence-electron chi connectivity index (χ3n) is 1.02. The molecule has 61 valence electrons. The van der Waals surface area contributed by atoms with E-state index in [9.17, 15) is 8.42 Å². The first-order chi connectivity index (χ1) is 4.56. The minimum Gasteiger partial charge on any atom is -0.317 e. The first-order valence-corrected chi connectivity index (χ1v) is 4.89. The van der Waals surface area contributed by atoms with Crippen LogP contribution in [0.1, 0.15) is 13.3 Å². The van der Waals surface area contributed by atoms with E-state index in [-0.39, 0.29) is 5.75 Å². The summed E-state index contributed by atoms with van der Waals surface area (Å²) in [5, 5.41) is 9.48. The summed E-state index contributed by atoms with van der Waals surface area (Å²) in [4.78, 5) is 0. The van der Waals surface area contributed by atoms with Gasteiger partial charge in [0.25, 0.3) is 0 Å². The lowest BCUT2D eigenvalue weighted by Gasteiger charge is -1.98. The van der Waals surface area contributed by atoms with Crippen molar-refractivity contribution < 1.29 is 8.42 Å². The Morgan fingerprint density at radius 3 is 2.50 bits per heavy atom. The molecule has 0 aromatic rings. The zero-order valence-electron chi connectivity index (χ0n) is 6.05. The van der Waals surface area contributed by atoms with Crippen LogP contribution in [0.3, 0.4) is 0 Å². The Kier molecular flexibility index (Phi) is 4.59. The molecule has 1 radical (unpaired) electrons. The van der Waals surface area contributed by atoms with Gasteiger partial charge in [-0.05, 0) is 19.5 Å². The van der Waals surface area contributed by atoms with Crippen molar-refractivity contribution in [3.63, 3.8) is 0 Å². The molecule has 0 heterocycles. The minimum absolute atomic E-state index is 0.0417. The third-order valence-corrected chi connectivity index (χ3v) is 1.84. The maximum atomic E-state index is 10.2. The van der Waals surface area contributed by atoms with Gasteiger partial charge in [0.15, 0.2) is 0 Å². The fourth-order valence-corrected chi connectivity index (χ4v) is 1.09. The van der Waals surface area contributed by atoms with Crippen molar-refractivity contribution in [1.29, 1.82) is 0 Å². The molecule has 0 amide bonds. The van der Waals surface area contributed by atoms with E-state index >= 15 is 0 Å². The van der Waals surface area contributed by atoms with Gasteiger partial charge >= 0.3 is 0 Å². The number of hydrogen-bond acceptors (Lipinski definition) is 3. The Labute approximate surface area is 61.8 Å². The summed E-state index contributed by atoms with van der Waals surface area (Å²) in [6.45, 7) is 3.47. The van der Waals surface area contributed by atoms with Crippen LogP contribution in [0.15, 0.2) is 0 Å². The van der Waals surface area contributed by atoms with Crippen LogP contribution in [0.2, 0.25) is 0 Å². The molecule has 0 atom stereocenters. The predicted octanol–water partition coefficient (Wildman–Crippen LogP) is -0.401. The van der Waals surface area contributed by atoms with Gasteiger partial charge in [-0.2, -0.15) is 0 Å². The Balaban J connectivity index is 3.21. The molecule has 2 N–H and O–H groups in total. The molecule has 0 saturated carbocycles. The van der Waals surface area contributed by atoms with Crippen molar-refractivity contribution in [2.75, 3.05) is 18.8 Å². The molecule has 5 heteroatoms. The van der Waals surface area contributed by atoms with Crippen LogP contribution in [-0.2, 0) is 10.0 Å². The van der Waals surface area contributed by atoms with Gasteiger partial charge in [-0.1, -0.05) is 6.92 Å². The highest BCUT2D eigenvalue weighted by atomic mass is 32.2. The number of hydrogen-bond donors (Lipinski definition) is 1. The van der Waals surface area contributed by atoms with Gasteiger partial charge < -0.3 is 5.32 Å².